The highest BCUT2D eigenvalue weighted by molar-refractivity contribution is 7.86. The maximum absolute atomic E-state index is 11.0. The van der Waals surface area contributed by atoms with Gasteiger partial charge in [-0.15, -0.1) is 0 Å². The van der Waals surface area contributed by atoms with Crippen molar-refractivity contribution in [3.05, 3.63) is 23.9 Å². The smallest absolute Gasteiger partial charge is 0.297 e. The van der Waals surface area contributed by atoms with Crippen molar-refractivity contribution >= 4 is 10.1 Å². The van der Waals surface area contributed by atoms with Crippen molar-refractivity contribution in [2.75, 3.05) is 18.8 Å². The fourth-order valence-electron chi connectivity index (χ4n) is 1.32. The number of halogens is 1. The van der Waals surface area contributed by atoms with Crippen LogP contribution in [0, 0.1) is 0 Å². The summed E-state index contributed by atoms with van der Waals surface area (Å²) in [5.41, 5.74) is 1.44. The average molecular weight is 279 g/mol. The second-order valence-electron chi connectivity index (χ2n) is 4.10. The summed E-state index contributed by atoms with van der Waals surface area (Å²) in [6.45, 7) is 8.36. The lowest BCUT2D eigenvalue weighted by Gasteiger charge is -2.20. The van der Waals surface area contributed by atoms with Crippen molar-refractivity contribution in [1.29, 1.82) is 0 Å². The molecular weight excluding hydrogens is 257 g/mol. The lowest BCUT2D eigenvalue weighted by Crippen LogP contribution is -2.20. The molecule has 0 N–H and O–H groups in total. The zero-order chi connectivity index (χ0) is 14.0. The summed E-state index contributed by atoms with van der Waals surface area (Å²) in [4.78, 5) is 2.29. The second kappa shape index (κ2) is 9.10. The minimum absolute atomic E-state index is 0.236. The van der Waals surface area contributed by atoms with Crippen molar-refractivity contribution < 1.29 is 17.3 Å². The van der Waals surface area contributed by atoms with E-state index in [1.165, 1.54) is 5.57 Å². The molecule has 0 saturated heterocycles. The van der Waals surface area contributed by atoms with E-state index in [2.05, 4.69) is 41.5 Å². The van der Waals surface area contributed by atoms with Gasteiger partial charge < -0.3 is 4.90 Å². The van der Waals surface area contributed by atoms with E-state index in [1.807, 2.05) is 6.92 Å². The number of hydrogen-bond acceptors (Lipinski definition) is 4. The van der Waals surface area contributed by atoms with E-state index in [1.54, 1.807) is 0 Å². The van der Waals surface area contributed by atoms with Crippen LogP contribution in [0.5, 0.6) is 0 Å². The summed E-state index contributed by atoms with van der Waals surface area (Å²) in [5, 5.41) is 0. The molecular formula is C12H22FNO3S. The quantitative estimate of drug-likeness (QED) is 0.776. The van der Waals surface area contributed by atoms with Gasteiger partial charge in [-0.3, -0.25) is 0 Å². The van der Waals surface area contributed by atoms with Gasteiger partial charge in [-0.1, -0.05) is 29.4 Å². The molecule has 6 heteroatoms. The van der Waals surface area contributed by atoms with Crippen LogP contribution in [0.4, 0.5) is 4.53 Å². The Bertz CT molecular complexity index is 377. The molecule has 0 bridgehead atoms. The van der Waals surface area contributed by atoms with Gasteiger partial charge in [0.15, 0.2) is 0 Å². The van der Waals surface area contributed by atoms with E-state index in [4.69, 9.17) is 0 Å². The van der Waals surface area contributed by atoms with Crippen molar-refractivity contribution in [3.8, 4) is 0 Å². The molecule has 1 rings (SSSR count). The molecule has 0 aromatic rings. The van der Waals surface area contributed by atoms with Crippen molar-refractivity contribution in [2.45, 2.75) is 33.6 Å². The zero-order valence-corrected chi connectivity index (χ0v) is 12.0. The number of likely N-dealkylation sites (N-methyl/N-ethyl adjacent to an activating group) is 1. The molecule has 0 radical (unpaired) electrons. The first-order valence-electron chi connectivity index (χ1n) is 6.06. The Hall–Kier alpha value is -0.880. The first kappa shape index (κ1) is 17.1. The van der Waals surface area contributed by atoms with Gasteiger partial charge in [0.25, 0.3) is 10.1 Å². The summed E-state index contributed by atoms with van der Waals surface area (Å²) in [5.74, 6) is -0.236. The largest absolute Gasteiger partial charge is 0.374 e. The molecule has 18 heavy (non-hydrogen) atoms. The Kier molecular flexibility index (Phi) is 8.66. The van der Waals surface area contributed by atoms with Gasteiger partial charge >= 0.3 is 0 Å². The minimum atomic E-state index is -3.85. The topological polar surface area (TPSA) is 46.6 Å². The molecule has 0 aromatic heterocycles. The number of hydrogen-bond donors (Lipinski definition) is 0. The number of allylic oxidation sites excluding steroid dienone is 2. The molecule has 0 spiro atoms. The Morgan fingerprint density at radius 2 is 2.11 bits per heavy atom. The predicted octanol–water partition coefficient (Wildman–Crippen LogP) is 2.80. The van der Waals surface area contributed by atoms with E-state index in [-0.39, 0.29) is 5.75 Å². The fourth-order valence-corrected chi connectivity index (χ4v) is 2.03. The average Bonchev–Trinajstić information content (AvgIpc) is 2.37. The highest BCUT2D eigenvalue weighted by Gasteiger charge is 2.08. The first-order chi connectivity index (χ1) is 8.45. The monoisotopic (exact) mass is 279 g/mol. The van der Waals surface area contributed by atoms with Crippen LogP contribution >= 0.6 is 0 Å². The zero-order valence-electron chi connectivity index (χ0n) is 11.2. The summed E-state index contributed by atoms with van der Waals surface area (Å²) < 4.78 is 34.0. The Balaban J connectivity index is 0.000000321. The lowest BCUT2D eigenvalue weighted by molar-refractivity contribution is 0.00290. The van der Waals surface area contributed by atoms with E-state index in [9.17, 15) is 12.9 Å². The summed E-state index contributed by atoms with van der Waals surface area (Å²) in [6, 6.07) is 0. The molecule has 4 nitrogen and oxygen atoms in total. The second-order valence-corrected chi connectivity index (χ2v) is 5.75. The molecule has 1 aliphatic heterocycles. The third-order valence-corrected chi connectivity index (χ3v) is 3.36. The first-order valence-corrected chi connectivity index (χ1v) is 7.63. The van der Waals surface area contributed by atoms with Crippen LogP contribution in [0.3, 0.4) is 0 Å². The molecule has 1 aliphatic rings. The molecule has 0 unspecified atom stereocenters. The van der Waals surface area contributed by atoms with Gasteiger partial charge in [-0.05, 0) is 37.1 Å². The van der Waals surface area contributed by atoms with Crippen LogP contribution in [0.1, 0.15) is 33.6 Å². The maximum atomic E-state index is 11.0. The van der Waals surface area contributed by atoms with Crippen LogP contribution < -0.4 is 0 Å². The van der Waals surface area contributed by atoms with Gasteiger partial charge in [0, 0.05) is 13.1 Å². The SMILES string of the molecule is CCCCS(=O)(=O)OF.CCN1C=CC=C(C)C1. The third kappa shape index (κ3) is 8.25. The molecule has 0 aliphatic carbocycles. The Morgan fingerprint density at radius 1 is 1.44 bits per heavy atom. The number of rotatable bonds is 5. The van der Waals surface area contributed by atoms with Gasteiger partial charge in [0.05, 0.1) is 5.75 Å². The van der Waals surface area contributed by atoms with E-state index in [0.29, 0.717) is 12.8 Å². The number of nitrogens with zero attached hydrogens (tertiary/aromatic N) is 1. The van der Waals surface area contributed by atoms with Crippen LogP contribution in [0.15, 0.2) is 23.9 Å². The van der Waals surface area contributed by atoms with Gasteiger partial charge in [-0.2, -0.15) is 8.42 Å². The Labute approximate surface area is 109 Å². The predicted molar refractivity (Wildman–Crippen MR) is 71.0 cm³/mol. The summed E-state index contributed by atoms with van der Waals surface area (Å²) >= 11 is 0. The van der Waals surface area contributed by atoms with Crippen molar-refractivity contribution in [2.24, 2.45) is 0 Å². The minimum Gasteiger partial charge on any atom is -0.374 e. The molecule has 106 valence electrons. The highest BCUT2D eigenvalue weighted by atomic mass is 32.2. The fraction of sp³-hybridized carbons (Fsp3) is 0.667. The Morgan fingerprint density at radius 3 is 2.50 bits per heavy atom. The molecule has 0 aromatic carbocycles. The third-order valence-electron chi connectivity index (χ3n) is 2.38. The van der Waals surface area contributed by atoms with Crippen LogP contribution in [0.25, 0.3) is 0 Å². The van der Waals surface area contributed by atoms with E-state index in [0.717, 1.165) is 13.1 Å². The highest BCUT2D eigenvalue weighted by Crippen LogP contribution is 2.04. The van der Waals surface area contributed by atoms with Gasteiger partial charge in [0.2, 0.25) is 0 Å². The van der Waals surface area contributed by atoms with E-state index < -0.39 is 10.1 Å². The molecule has 0 fully saturated rings. The lowest BCUT2D eigenvalue weighted by atomic mass is 10.2. The van der Waals surface area contributed by atoms with Gasteiger partial charge in [-0.25, -0.2) is 0 Å². The maximum Gasteiger partial charge on any atom is 0.297 e. The van der Waals surface area contributed by atoms with Gasteiger partial charge in [0.1, 0.15) is 0 Å². The van der Waals surface area contributed by atoms with Crippen LogP contribution in [-0.4, -0.2) is 32.2 Å². The summed E-state index contributed by atoms with van der Waals surface area (Å²) in [7, 11) is -3.85. The molecule has 0 atom stereocenters. The molecule has 0 saturated carbocycles. The molecule has 0 amide bonds. The number of unbranched alkanes of at least 4 members (excludes halogenated alkanes) is 1. The van der Waals surface area contributed by atoms with Crippen molar-refractivity contribution in [3.63, 3.8) is 0 Å². The van der Waals surface area contributed by atoms with Crippen LogP contribution in [0.2, 0.25) is 0 Å². The van der Waals surface area contributed by atoms with Crippen LogP contribution in [-0.2, 0) is 14.5 Å². The van der Waals surface area contributed by atoms with Crippen molar-refractivity contribution in [1.82, 2.24) is 4.90 Å². The standard InChI is InChI=1S/C8H13N.C4H9FO3S/c1-3-9-6-4-5-8(2)7-9;1-2-3-4-9(6,7)8-5/h4-6H,3,7H2,1-2H3;2-4H2,1H3. The molecule has 1 heterocycles. The normalized spacial score (nSPS) is 14.9. The summed E-state index contributed by atoms with van der Waals surface area (Å²) in [6.07, 6.45) is 7.54. The van der Waals surface area contributed by atoms with E-state index >= 15 is 0 Å².